The number of benzene rings is 1. The minimum atomic E-state index is -4.42. The molecule has 0 aliphatic heterocycles. The molecule has 0 aliphatic carbocycles. The van der Waals surface area contributed by atoms with Crippen LogP contribution in [0, 0.1) is 0 Å². The fraction of sp³-hybridized carbons (Fsp3) is 0.571. The lowest BCUT2D eigenvalue weighted by Crippen LogP contribution is -2.14. The SMILES string of the molecule is CCNCc1ccc(OCCCOC)c(C(F)(F)F)c1. The summed E-state index contributed by atoms with van der Waals surface area (Å²) in [6.07, 6.45) is -3.87. The van der Waals surface area contributed by atoms with E-state index in [9.17, 15) is 13.2 Å². The Morgan fingerprint density at radius 2 is 1.95 bits per heavy atom. The molecule has 6 heteroatoms. The first kappa shape index (κ1) is 16.8. The van der Waals surface area contributed by atoms with Crippen molar-refractivity contribution >= 4 is 0 Å². The molecule has 0 amide bonds. The summed E-state index contributed by atoms with van der Waals surface area (Å²) in [6.45, 7) is 3.67. The van der Waals surface area contributed by atoms with E-state index in [1.165, 1.54) is 13.2 Å². The molecule has 0 saturated carbocycles. The lowest BCUT2D eigenvalue weighted by atomic mass is 10.1. The summed E-state index contributed by atoms with van der Waals surface area (Å²) in [5, 5.41) is 3.00. The summed E-state index contributed by atoms with van der Waals surface area (Å²) in [7, 11) is 1.54. The van der Waals surface area contributed by atoms with E-state index in [2.05, 4.69) is 5.32 Å². The minimum Gasteiger partial charge on any atom is -0.493 e. The van der Waals surface area contributed by atoms with Gasteiger partial charge in [0, 0.05) is 26.7 Å². The van der Waals surface area contributed by atoms with E-state index < -0.39 is 11.7 Å². The van der Waals surface area contributed by atoms with Crippen LogP contribution in [-0.2, 0) is 17.5 Å². The third kappa shape index (κ3) is 5.38. The summed E-state index contributed by atoms with van der Waals surface area (Å²) < 4.78 is 49.0. The Hall–Kier alpha value is -1.27. The zero-order chi connectivity index (χ0) is 15.0. The number of halogens is 3. The Morgan fingerprint density at radius 3 is 2.55 bits per heavy atom. The second-order valence-electron chi connectivity index (χ2n) is 4.30. The number of hydrogen-bond acceptors (Lipinski definition) is 3. The van der Waals surface area contributed by atoms with Crippen LogP contribution in [0.15, 0.2) is 18.2 Å². The van der Waals surface area contributed by atoms with Crippen molar-refractivity contribution in [1.82, 2.24) is 5.32 Å². The fourth-order valence-electron chi connectivity index (χ4n) is 1.69. The molecular formula is C14H20F3NO2. The molecule has 0 radical (unpaired) electrons. The van der Waals surface area contributed by atoms with Gasteiger partial charge >= 0.3 is 6.18 Å². The van der Waals surface area contributed by atoms with Crippen molar-refractivity contribution in [2.24, 2.45) is 0 Å². The van der Waals surface area contributed by atoms with Crippen LogP contribution in [0.1, 0.15) is 24.5 Å². The van der Waals surface area contributed by atoms with Crippen LogP contribution < -0.4 is 10.1 Å². The molecular weight excluding hydrogens is 271 g/mol. The van der Waals surface area contributed by atoms with Crippen molar-refractivity contribution in [2.75, 3.05) is 26.9 Å². The first-order valence-corrected chi connectivity index (χ1v) is 6.51. The van der Waals surface area contributed by atoms with E-state index in [4.69, 9.17) is 9.47 Å². The van der Waals surface area contributed by atoms with Gasteiger partial charge in [-0.3, -0.25) is 0 Å². The van der Waals surface area contributed by atoms with Gasteiger partial charge in [-0.1, -0.05) is 13.0 Å². The molecule has 0 saturated heterocycles. The van der Waals surface area contributed by atoms with Crippen LogP contribution >= 0.6 is 0 Å². The zero-order valence-corrected chi connectivity index (χ0v) is 11.7. The van der Waals surface area contributed by atoms with Crippen molar-refractivity contribution in [1.29, 1.82) is 0 Å². The molecule has 0 atom stereocenters. The molecule has 0 heterocycles. The first-order chi connectivity index (χ1) is 9.49. The summed E-state index contributed by atoms with van der Waals surface area (Å²) in [4.78, 5) is 0. The van der Waals surface area contributed by atoms with E-state index in [1.54, 1.807) is 6.07 Å². The molecule has 1 aromatic carbocycles. The van der Waals surface area contributed by atoms with Gasteiger partial charge in [0.1, 0.15) is 5.75 Å². The van der Waals surface area contributed by atoms with Gasteiger partial charge < -0.3 is 14.8 Å². The van der Waals surface area contributed by atoms with Gasteiger partial charge in [-0.2, -0.15) is 13.2 Å². The van der Waals surface area contributed by atoms with Crippen molar-refractivity contribution in [2.45, 2.75) is 26.1 Å². The molecule has 1 N–H and O–H groups in total. The Kier molecular flexibility index (Phi) is 6.81. The van der Waals surface area contributed by atoms with Crippen LogP contribution in [0.5, 0.6) is 5.75 Å². The summed E-state index contributed by atoms with van der Waals surface area (Å²) >= 11 is 0. The van der Waals surface area contributed by atoms with Crippen LogP contribution in [0.4, 0.5) is 13.2 Å². The molecule has 0 aliphatic rings. The molecule has 0 aromatic heterocycles. The smallest absolute Gasteiger partial charge is 0.419 e. The standard InChI is InChI=1S/C14H20F3NO2/c1-3-18-10-11-5-6-13(20-8-4-7-19-2)12(9-11)14(15,16)17/h5-6,9,18H,3-4,7-8,10H2,1-2H3. The van der Waals surface area contributed by atoms with Crippen molar-refractivity contribution in [3.05, 3.63) is 29.3 Å². The van der Waals surface area contributed by atoms with Gasteiger partial charge in [0.2, 0.25) is 0 Å². The number of methoxy groups -OCH3 is 1. The average Bonchev–Trinajstić information content (AvgIpc) is 2.41. The van der Waals surface area contributed by atoms with Gasteiger partial charge in [0.05, 0.1) is 12.2 Å². The maximum atomic E-state index is 13.0. The number of ether oxygens (including phenoxy) is 2. The van der Waals surface area contributed by atoms with E-state index >= 15 is 0 Å². The lowest BCUT2D eigenvalue weighted by molar-refractivity contribution is -0.139. The summed E-state index contributed by atoms with van der Waals surface area (Å²) in [5.74, 6) is -0.131. The number of rotatable bonds is 8. The van der Waals surface area contributed by atoms with Gasteiger partial charge in [-0.25, -0.2) is 0 Å². The highest BCUT2D eigenvalue weighted by atomic mass is 19.4. The molecule has 0 fully saturated rings. The molecule has 1 rings (SSSR count). The highest BCUT2D eigenvalue weighted by Gasteiger charge is 2.34. The predicted octanol–water partition coefficient (Wildman–Crippen LogP) is 3.23. The Bertz CT molecular complexity index is 408. The van der Waals surface area contributed by atoms with E-state index in [-0.39, 0.29) is 12.4 Å². The highest BCUT2D eigenvalue weighted by molar-refractivity contribution is 5.39. The zero-order valence-electron chi connectivity index (χ0n) is 11.7. The van der Waals surface area contributed by atoms with Crippen LogP contribution in [0.3, 0.4) is 0 Å². The fourth-order valence-corrected chi connectivity index (χ4v) is 1.69. The molecule has 0 spiro atoms. The van der Waals surface area contributed by atoms with Crippen LogP contribution in [-0.4, -0.2) is 26.9 Å². The maximum Gasteiger partial charge on any atom is 0.419 e. The quantitative estimate of drug-likeness (QED) is 0.746. The van der Waals surface area contributed by atoms with Gasteiger partial charge in [0.15, 0.2) is 0 Å². The van der Waals surface area contributed by atoms with Crippen LogP contribution in [0.2, 0.25) is 0 Å². The summed E-state index contributed by atoms with van der Waals surface area (Å²) in [5.41, 5.74) is -0.145. The second kappa shape index (κ2) is 8.11. The van der Waals surface area contributed by atoms with Gasteiger partial charge in [-0.15, -0.1) is 0 Å². The maximum absolute atomic E-state index is 13.0. The van der Waals surface area contributed by atoms with Crippen molar-refractivity contribution < 1.29 is 22.6 Å². The molecule has 3 nitrogen and oxygen atoms in total. The monoisotopic (exact) mass is 291 g/mol. The van der Waals surface area contributed by atoms with Gasteiger partial charge in [-0.05, 0) is 24.2 Å². The van der Waals surface area contributed by atoms with Crippen molar-refractivity contribution in [3.63, 3.8) is 0 Å². The first-order valence-electron chi connectivity index (χ1n) is 6.51. The molecule has 1 aromatic rings. The average molecular weight is 291 g/mol. The molecule has 0 unspecified atom stereocenters. The highest BCUT2D eigenvalue weighted by Crippen LogP contribution is 2.36. The third-order valence-corrected chi connectivity index (χ3v) is 2.68. The van der Waals surface area contributed by atoms with E-state index in [1.807, 2.05) is 6.92 Å². The Balaban J connectivity index is 2.81. The molecule has 20 heavy (non-hydrogen) atoms. The predicted molar refractivity (Wildman–Crippen MR) is 70.8 cm³/mol. The number of nitrogens with one attached hydrogen (secondary N) is 1. The summed E-state index contributed by atoms with van der Waals surface area (Å²) in [6, 6.07) is 4.15. The van der Waals surface area contributed by atoms with Crippen LogP contribution in [0.25, 0.3) is 0 Å². The lowest BCUT2D eigenvalue weighted by Gasteiger charge is -2.15. The van der Waals surface area contributed by atoms with E-state index in [0.29, 0.717) is 31.7 Å². The Morgan fingerprint density at radius 1 is 1.20 bits per heavy atom. The normalized spacial score (nSPS) is 11.7. The number of hydrogen-bond donors (Lipinski definition) is 1. The van der Waals surface area contributed by atoms with Crippen molar-refractivity contribution in [3.8, 4) is 5.75 Å². The van der Waals surface area contributed by atoms with Gasteiger partial charge in [0.25, 0.3) is 0 Å². The Labute approximate surface area is 117 Å². The largest absolute Gasteiger partial charge is 0.493 e. The number of alkyl halides is 3. The molecule has 114 valence electrons. The topological polar surface area (TPSA) is 30.5 Å². The molecule has 0 bridgehead atoms. The second-order valence-corrected chi connectivity index (χ2v) is 4.30. The minimum absolute atomic E-state index is 0.131. The third-order valence-electron chi connectivity index (χ3n) is 2.68. The van der Waals surface area contributed by atoms with E-state index in [0.717, 1.165) is 6.07 Å².